The van der Waals surface area contributed by atoms with E-state index in [4.69, 9.17) is 5.11 Å². The Morgan fingerprint density at radius 3 is 2.67 bits per heavy atom. The minimum absolute atomic E-state index is 0.000510. The van der Waals surface area contributed by atoms with Gasteiger partial charge in [0.25, 0.3) is 0 Å². The molecule has 1 atom stereocenters. The van der Waals surface area contributed by atoms with E-state index in [9.17, 15) is 14.0 Å². The average Bonchev–Trinajstić information content (AvgIpc) is 2.98. The summed E-state index contributed by atoms with van der Waals surface area (Å²) in [5.41, 5.74) is 0.224. The van der Waals surface area contributed by atoms with Crippen LogP contribution < -0.4 is 10.6 Å². The van der Waals surface area contributed by atoms with E-state index >= 15 is 0 Å². The smallest absolute Gasteiger partial charge is 0.320 e. The Balaban J connectivity index is 1.56. The van der Waals surface area contributed by atoms with Crippen LogP contribution in [0.1, 0.15) is 36.9 Å². The predicted octanol–water partition coefficient (Wildman–Crippen LogP) is 3.13. The maximum absolute atomic E-state index is 14.3. The third-order valence-corrected chi connectivity index (χ3v) is 4.97. The summed E-state index contributed by atoms with van der Waals surface area (Å²) in [6.45, 7) is 3.62. The molecular weight excluding hydrogens is 351 g/mol. The molecule has 1 saturated carbocycles. The van der Waals surface area contributed by atoms with E-state index in [2.05, 4.69) is 15.7 Å². The molecule has 0 spiro atoms. The van der Waals surface area contributed by atoms with Crippen molar-refractivity contribution in [2.24, 2.45) is 5.92 Å². The molecule has 8 heteroatoms. The Kier molecular flexibility index (Phi) is 5.16. The van der Waals surface area contributed by atoms with Gasteiger partial charge in [0.15, 0.2) is 5.82 Å². The zero-order valence-electron chi connectivity index (χ0n) is 15.3. The van der Waals surface area contributed by atoms with Crippen molar-refractivity contribution < 1.29 is 19.1 Å². The van der Waals surface area contributed by atoms with E-state index in [0.29, 0.717) is 5.82 Å². The van der Waals surface area contributed by atoms with E-state index in [-0.39, 0.29) is 25.4 Å². The molecule has 1 aliphatic carbocycles. The van der Waals surface area contributed by atoms with Crippen LogP contribution in [0.25, 0.3) is 0 Å². The quantitative estimate of drug-likeness (QED) is 0.724. The average molecular weight is 374 g/mol. The number of halogens is 1. The minimum Gasteiger partial charge on any atom is -0.481 e. The fourth-order valence-electron chi connectivity index (χ4n) is 3.22. The third-order valence-electron chi connectivity index (χ3n) is 4.97. The molecule has 2 amide bonds. The zero-order valence-corrected chi connectivity index (χ0v) is 15.3. The van der Waals surface area contributed by atoms with E-state index in [1.165, 1.54) is 0 Å². The number of nitrogens with one attached hydrogen (secondary N) is 2. The Morgan fingerprint density at radius 1 is 1.37 bits per heavy atom. The third kappa shape index (κ3) is 4.27. The number of urea groups is 1. The SMILES string of the molecule is Cc1cn(C(C)c2ccccc2)nc1NC(=O)NCC1(F)CC(C(=O)O)C1. The van der Waals surface area contributed by atoms with Gasteiger partial charge >= 0.3 is 12.0 Å². The molecule has 1 aromatic carbocycles. The first-order valence-electron chi connectivity index (χ1n) is 8.85. The highest BCUT2D eigenvalue weighted by molar-refractivity contribution is 5.89. The minimum atomic E-state index is -1.66. The van der Waals surface area contributed by atoms with Gasteiger partial charge in [-0.25, -0.2) is 9.18 Å². The Hall–Kier alpha value is -2.90. The summed E-state index contributed by atoms with van der Waals surface area (Å²) < 4.78 is 16.0. The van der Waals surface area contributed by atoms with Crippen LogP contribution in [-0.4, -0.2) is 39.1 Å². The summed E-state index contributed by atoms with van der Waals surface area (Å²) in [7, 11) is 0. The van der Waals surface area contributed by atoms with E-state index in [1.807, 2.05) is 50.4 Å². The molecule has 27 heavy (non-hydrogen) atoms. The van der Waals surface area contributed by atoms with Crippen molar-refractivity contribution in [2.45, 2.75) is 38.4 Å². The van der Waals surface area contributed by atoms with Gasteiger partial charge in [-0.1, -0.05) is 30.3 Å². The molecule has 1 heterocycles. The number of hydrogen-bond acceptors (Lipinski definition) is 3. The van der Waals surface area contributed by atoms with Gasteiger partial charge in [0, 0.05) is 11.8 Å². The lowest BCUT2D eigenvalue weighted by atomic mass is 9.72. The van der Waals surface area contributed by atoms with Gasteiger partial charge in [0.2, 0.25) is 0 Å². The van der Waals surface area contributed by atoms with Crippen molar-refractivity contribution in [1.29, 1.82) is 0 Å². The normalized spacial score (nSPS) is 22.6. The summed E-state index contributed by atoms with van der Waals surface area (Å²) >= 11 is 0. The molecule has 7 nitrogen and oxygen atoms in total. The van der Waals surface area contributed by atoms with Crippen LogP contribution >= 0.6 is 0 Å². The van der Waals surface area contributed by atoms with Crippen molar-refractivity contribution in [3.63, 3.8) is 0 Å². The number of alkyl halides is 1. The maximum atomic E-state index is 14.3. The number of nitrogens with zero attached hydrogens (tertiary/aromatic N) is 2. The van der Waals surface area contributed by atoms with Gasteiger partial charge in [0.05, 0.1) is 18.5 Å². The highest BCUT2D eigenvalue weighted by Crippen LogP contribution is 2.40. The molecule has 1 aromatic heterocycles. The van der Waals surface area contributed by atoms with Gasteiger partial charge < -0.3 is 10.4 Å². The second-order valence-electron chi connectivity index (χ2n) is 7.13. The summed E-state index contributed by atoms with van der Waals surface area (Å²) in [5.74, 6) is -1.26. The van der Waals surface area contributed by atoms with Gasteiger partial charge in [-0.05, 0) is 32.3 Å². The van der Waals surface area contributed by atoms with Crippen molar-refractivity contribution in [2.75, 3.05) is 11.9 Å². The highest BCUT2D eigenvalue weighted by atomic mass is 19.1. The Labute approximate surface area is 156 Å². The second-order valence-corrected chi connectivity index (χ2v) is 7.13. The first kappa shape index (κ1) is 18.9. The number of benzene rings is 1. The van der Waals surface area contributed by atoms with Crippen molar-refractivity contribution in [3.8, 4) is 0 Å². The number of carboxylic acids is 1. The number of hydrogen-bond donors (Lipinski definition) is 3. The maximum Gasteiger partial charge on any atom is 0.320 e. The monoisotopic (exact) mass is 374 g/mol. The topological polar surface area (TPSA) is 96.3 Å². The lowest BCUT2D eigenvalue weighted by molar-refractivity contribution is -0.151. The van der Waals surface area contributed by atoms with Crippen LogP contribution in [0.3, 0.4) is 0 Å². The number of aryl methyl sites for hydroxylation is 1. The number of carboxylic acid groups (broad SMARTS) is 1. The number of aliphatic carboxylic acids is 1. The van der Waals surface area contributed by atoms with Crippen LogP contribution in [0.2, 0.25) is 0 Å². The number of anilines is 1. The van der Waals surface area contributed by atoms with E-state index in [0.717, 1.165) is 11.1 Å². The molecule has 0 aliphatic heterocycles. The molecule has 3 rings (SSSR count). The molecule has 0 radical (unpaired) electrons. The molecule has 2 aromatic rings. The summed E-state index contributed by atoms with van der Waals surface area (Å²) in [5, 5.41) is 18.3. The fourth-order valence-corrected chi connectivity index (χ4v) is 3.22. The molecule has 1 unspecified atom stereocenters. The largest absolute Gasteiger partial charge is 0.481 e. The van der Waals surface area contributed by atoms with Crippen LogP contribution in [-0.2, 0) is 4.79 Å². The van der Waals surface area contributed by atoms with Gasteiger partial charge in [-0.2, -0.15) is 5.10 Å². The highest BCUT2D eigenvalue weighted by Gasteiger charge is 2.48. The van der Waals surface area contributed by atoms with Crippen LogP contribution in [0.5, 0.6) is 0 Å². The van der Waals surface area contributed by atoms with E-state index in [1.54, 1.807) is 4.68 Å². The summed E-state index contributed by atoms with van der Waals surface area (Å²) in [6.07, 6.45) is 1.68. The van der Waals surface area contributed by atoms with Crippen LogP contribution in [0.15, 0.2) is 36.5 Å². The lowest BCUT2D eigenvalue weighted by Crippen LogP contribution is -2.51. The van der Waals surface area contributed by atoms with Crippen LogP contribution in [0, 0.1) is 12.8 Å². The number of aromatic nitrogens is 2. The first-order valence-corrected chi connectivity index (χ1v) is 8.85. The van der Waals surface area contributed by atoms with Gasteiger partial charge in [-0.3, -0.25) is 14.8 Å². The second kappa shape index (κ2) is 7.38. The van der Waals surface area contributed by atoms with Crippen molar-refractivity contribution >= 4 is 17.8 Å². The standard InChI is InChI=1S/C19H23FN4O3/c1-12-10-24(13(2)14-6-4-3-5-7-14)23-16(12)22-18(27)21-11-19(20)8-15(9-19)17(25)26/h3-7,10,13,15H,8-9,11H2,1-2H3,(H,25,26)(H2,21,22,23,27). The Bertz CT molecular complexity index is 831. The summed E-state index contributed by atoms with van der Waals surface area (Å²) in [4.78, 5) is 22.8. The first-order chi connectivity index (χ1) is 12.8. The van der Waals surface area contributed by atoms with Gasteiger partial charge in [-0.15, -0.1) is 0 Å². The zero-order chi connectivity index (χ0) is 19.6. The molecule has 1 aliphatic rings. The molecule has 0 saturated heterocycles. The number of carbonyl (C=O) groups is 2. The number of amides is 2. The van der Waals surface area contributed by atoms with E-state index < -0.39 is 23.6 Å². The summed E-state index contributed by atoms with van der Waals surface area (Å²) in [6, 6.07) is 9.30. The number of rotatable bonds is 6. The van der Waals surface area contributed by atoms with Gasteiger partial charge in [0.1, 0.15) is 5.67 Å². The molecular formula is C19H23FN4O3. The Morgan fingerprint density at radius 2 is 2.04 bits per heavy atom. The molecule has 3 N–H and O–H groups in total. The van der Waals surface area contributed by atoms with Crippen molar-refractivity contribution in [1.82, 2.24) is 15.1 Å². The van der Waals surface area contributed by atoms with Crippen molar-refractivity contribution in [3.05, 3.63) is 47.7 Å². The fraction of sp³-hybridized carbons (Fsp3) is 0.421. The number of carbonyl (C=O) groups excluding carboxylic acids is 1. The molecule has 0 bridgehead atoms. The van der Waals surface area contributed by atoms with Crippen LogP contribution in [0.4, 0.5) is 15.0 Å². The molecule has 144 valence electrons. The molecule has 1 fully saturated rings. The lowest BCUT2D eigenvalue weighted by Gasteiger charge is -2.38. The predicted molar refractivity (Wildman–Crippen MR) is 98.4 cm³/mol.